The average molecular weight is 459 g/mol. The molecule has 4 rings (SSSR count). The number of halogens is 1. The number of nitrogens with one attached hydrogen (secondary N) is 3. The first kappa shape index (κ1) is 22.9. The summed E-state index contributed by atoms with van der Waals surface area (Å²) in [6, 6.07) is 1.76. The van der Waals surface area contributed by atoms with Gasteiger partial charge in [-0.3, -0.25) is 9.78 Å². The smallest absolute Gasteiger partial charge is 0.229 e. The van der Waals surface area contributed by atoms with Crippen LogP contribution in [0.5, 0.6) is 0 Å². The van der Waals surface area contributed by atoms with Gasteiger partial charge in [0.15, 0.2) is 0 Å². The highest BCUT2D eigenvalue weighted by molar-refractivity contribution is 6.33. The molecule has 1 atom stereocenters. The van der Waals surface area contributed by atoms with Crippen molar-refractivity contribution in [2.75, 3.05) is 36.9 Å². The van der Waals surface area contributed by atoms with Crippen molar-refractivity contribution in [3.8, 4) is 11.3 Å². The Bertz CT molecular complexity index is 938. The van der Waals surface area contributed by atoms with Crippen LogP contribution >= 0.6 is 11.6 Å². The Morgan fingerprint density at radius 3 is 2.78 bits per heavy atom. The second-order valence-corrected chi connectivity index (χ2v) is 9.67. The number of pyridine rings is 1. The number of rotatable bonds is 6. The molecule has 1 amide bonds. The fourth-order valence-electron chi connectivity index (χ4n) is 4.06. The molecule has 172 valence electrons. The van der Waals surface area contributed by atoms with Crippen molar-refractivity contribution in [2.45, 2.75) is 45.1 Å². The van der Waals surface area contributed by atoms with Crippen molar-refractivity contribution in [3.05, 3.63) is 29.7 Å². The number of aromatic nitrogens is 3. The van der Waals surface area contributed by atoms with Crippen LogP contribution in [0.2, 0.25) is 5.02 Å². The van der Waals surface area contributed by atoms with E-state index in [0.29, 0.717) is 40.4 Å². The number of carbonyl (C=O) groups is 1. The average Bonchev–Trinajstić information content (AvgIpc) is 2.80. The van der Waals surface area contributed by atoms with E-state index in [9.17, 15) is 4.79 Å². The van der Waals surface area contributed by atoms with Gasteiger partial charge in [-0.05, 0) is 51.5 Å². The number of hydrogen-bond donors (Lipinski definition) is 3. The minimum absolute atomic E-state index is 0.0354. The zero-order valence-corrected chi connectivity index (χ0v) is 19.4. The van der Waals surface area contributed by atoms with Crippen LogP contribution in [0.15, 0.2) is 24.7 Å². The molecular formula is C23H31ClN6O2. The number of anilines is 2. The van der Waals surface area contributed by atoms with Crippen LogP contribution in [-0.2, 0) is 9.53 Å². The van der Waals surface area contributed by atoms with E-state index in [2.05, 4.69) is 44.7 Å². The SMILES string of the molecule is CC1(C)CCC(C(=O)Nc2cc(-c3cncc(NCC4CCOCC4)n3)c(Cl)cn2)CN1. The van der Waals surface area contributed by atoms with Crippen LogP contribution in [0.25, 0.3) is 11.3 Å². The molecule has 32 heavy (non-hydrogen) atoms. The molecule has 0 spiro atoms. The summed E-state index contributed by atoms with van der Waals surface area (Å²) in [5, 5.41) is 10.2. The van der Waals surface area contributed by atoms with Gasteiger partial charge < -0.3 is 20.7 Å². The van der Waals surface area contributed by atoms with Gasteiger partial charge in [0.1, 0.15) is 11.6 Å². The first-order chi connectivity index (χ1) is 15.4. The van der Waals surface area contributed by atoms with Crippen LogP contribution in [0, 0.1) is 11.8 Å². The van der Waals surface area contributed by atoms with Gasteiger partial charge in [-0.15, -0.1) is 0 Å². The molecule has 8 nitrogen and oxygen atoms in total. The van der Waals surface area contributed by atoms with Gasteiger partial charge in [-0.1, -0.05) is 11.6 Å². The molecule has 0 radical (unpaired) electrons. The van der Waals surface area contributed by atoms with Gasteiger partial charge in [0.2, 0.25) is 5.91 Å². The van der Waals surface area contributed by atoms with Gasteiger partial charge in [-0.25, -0.2) is 9.97 Å². The molecule has 0 aliphatic carbocycles. The Morgan fingerprint density at radius 1 is 1.22 bits per heavy atom. The third-order valence-electron chi connectivity index (χ3n) is 6.25. The maximum atomic E-state index is 12.7. The second kappa shape index (κ2) is 10.1. The third kappa shape index (κ3) is 5.94. The summed E-state index contributed by atoms with van der Waals surface area (Å²) >= 11 is 6.41. The lowest BCUT2D eigenvalue weighted by Crippen LogP contribution is -2.49. The summed E-state index contributed by atoms with van der Waals surface area (Å²) < 4.78 is 5.42. The summed E-state index contributed by atoms with van der Waals surface area (Å²) in [4.78, 5) is 26.0. The predicted octanol–water partition coefficient (Wildman–Crippen LogP) is 3.75. The standard InChI is InChI=1S/C23H31ClN6O2/c1-23(2)6-3-16(11-28-23)22(31)30-20-9-17(18(24)12-27-20)19-13-25-14-21(29-19)26-10-15-4-7-32-8-5-15/h9,12-16,28H,3-8,10-11H2,1-2H3,(H,26,29)(H,27,30,31). The Hall–Kier alpha value is -2.29. The molecule has 9 heteroatoms. The first-order valence-corrected chi connectivity index (χ1v) is 11.6. The zero-order valence-electron chi connectivity index (χ0n) is 18.7. The van der Waals surface area contributed by atoms with Crippen LogP contribution in [0.4, 0.5) is 11.6 Å². The highest BCUT2D eigenvalue weighted by Crippen LogP contribution is 2.29. The largest absolute Gasteiger partial charge is 0.381 e. The third-order valence-corrected chi connectivity index (χ3v) is 6.55. The molecule has 2 aliphatic rings. The molecule has 0 bridgehead atoms. The minimum Gasteiger partial charge on any atom is -0.381 e. The van der Waals surface area contributed by atoms with E-state index in [1.165, 1.54) is 0 Å². The number of piperidine rings is 1. The molecular weight excluding hydrogens is 428 g/mol. The van der Waals surface area contributed by atoms with E-state index in [1.54, 1.807) is 24.7 Å². The second-order valence-electron chi connectivity index (χ2n) is 9.27. The van der Waals surface area contributed by atoms with Crippen molar-refractivity contribution >= 4 is 29.1 Å². The number of carbonyl (C=O) groups excluding carboxylic acids is 1. The highest BCUT2D eigenvalue weighted by atomic mass is 35.5. The summed E-state index contributed by atoms with van der Waals surface area (Å²) in [6.45, 7) is 7.43. The quantitative estimate of drug-likeness (QED) is 0.606. The lowest BCUT2D eigenvalue weighted by atomic mass is 9.86. The zero-order chi connectivity index (χ0) is 22.6. The summed E-state index contributed by atoms with van der Waals surface area (Å²) in [5.74, 6) is 1.61. The Labute approximate surface area is 193 Å². The van der Waals surface area contributed by atoms with Crippen molar-refractivity contribution in [3.63, 3.8) is 0 Å². The number of ether oxygens (including phenoxy) is 1. The molecule has 2 fully saturated rings. The van der Waals surface area contributed by atoms with Crippen molar-refractivity contribution in [1.82, 2.24) is 20.3 Å². The molecule has 1 unspecified atom stereocenters. The van der Waals surface area contributed by atoms with Gasteiger partial charge in [0.25, 0.3) is 0 Å². The van der Waals surface area contributed by atoms with E-state index in [-0.39, 0.29) is 17.4 Å². The molecule has 2 aromatic heterocycles. The van der Waals surface area contributed by atoms with Crippen LogP contribution < -0.4 is 16.0 Å². The Kier molecular flexibility index (Phi) is 7.23. The highest BCUT2D eigenvalue weighted by Gasteiger charge is 2.30. The summed E-state index contributed by atoms with van der Waals surface area (Å²) in [7, 11) is 0. The number of nitrogens with zero attached hydrogens (tertiary/aromatic N) is 3. The monoisotopic (exact) mass is 458 g/mol. The van der Waals surface area contributed by atoms with E-state index < -0.39 is 0 Å². The summed E-state index contributed by atoms with van der Waals surface area (Å²) in [5.41, 5.74) is 1.39. The van der Waals surface area contributed by atoms with Crippen molar-refractivity contribution in [1.29, 1.82) is 0 Å². The van der Waals surface area contributed by atoms with E-state index in [0.717, 1.165) is 45.4 Å². The molecule has 2 aliphatic heterocycles. The molecule has 2 aromatic rings. The number of amides is 1. The van der Waals surface area contributed by atoms with Crippen LogP contribution in [-0.4, -0.2) is 52.7 Å². The van der Waals surface area contributed by atoms with Gasteiger partial charge >= 0.3 is 0 Å². The number of hydrogen-bond acceptors (Lipinski definition) is 7. The topological polar surface area (TPSA) is 101 Å². The molecule has 3 N–H and O–H groups in total. The molecule has 2 saturated heterocycles. The fraction of sp³-hybridized carbons (Fsp3) is 0.565. The van der Waals surface area contributed by atoms with Gasteiger partial charge in [0.05, 0.1) is 29.0 Å². The van der Waals surface area contributed by atoms with E-state index in [1.807, 2.05) is 0 Å². The summed E-state index contributed by atoms with van der Waals surface area (Å²) in [6.07, 6.45) is 8.81. The molecule has 0 saturated carbocycles. The molecule has 0 aromatic carbocycles. The maximum absolute atomic E-state index is 12.7. The van der Waals surface area contributed by atoms with E-state index in [4.69, 9.17) is 16.3 Å². The van der Waals surface area contributed by atoms with Crippen molar-refractivity contribution in [2.24, 2.45) is 11.8 Å². The van der Waals surface area contributed by atoms with Crippen LogP contribution in [0.1, 0.15) is 39.5 Å². The lowest BCUT2D eigenvalue weighted by Gasteiger charge is -2.35. The fourth-order valence-corrected chi connectivity index (χ4v) is 4.26. The Balaban J connectivity index is 1.42. The molecule has 4 heterocycles. The normalized spacial score (nSPS) is 21.2. The van der Waals surface area contributed by atoms with E-state index >= 15 is 0 Å². The maximum Gasteiger partial charge on any atom is 0.229 e. The van der Waals surface area contributed by atoms with Crippen LogP contribution in [0.3, 0.4) is 0 Å². The lowest BCUT2D eigenvalue weighted by molar-refractivity contribution is -0.120. The van der Waals surface area contributed by atoms with Crippen molar-refractivity contribution < 1.29 is 9.53 Å². The predicted molar refractivity (Wildman–Crippen MR) is 126 cm³/mol. The van der Waals surface area contributed by atoms with Gasteiger partial charge in [-0.2, -0.15) is 0 Å². The Morgan fingerprint density at radius 2 is 2.03 bits per heavy atom. The van der Waals surface area contributed by atoms with Gasteiger partial charge in [0, 0.05) is 43.6 Å². The first-order valence-electron chi connectivity index (χ1n) is 11.2. The minimum atomic E-state index is -0.0820.